The van der Waals surface area contributed by atoms with Gasteiger partial charge in [-0.05, 0) is 43.3 Å². The van der Waals surface area contributed by atoms with Gasteiger partial charge in [-0.1, -0.05) is 37.3 Å². The summed E-state index contributed by atoms with van der Waals surface area (Å²) < 4.78 is 5.50. The molecule has 1 aliphatic heterocycles. The van der Waals surface area contributed by atoms with E-state index in [0.717, 1.165) is 36.3 Å². The average Bonchev–Trinajstić information content (AvgIpc) is 2.56. The van der Waals surface area contributed by atoms with Crippen LogP contribution in [0.3, 0.4) is 0 Å². The standard InChI is InChI=1S/C18H27NO2S/c1-3-22-14-9-15(2)19-17(20)18(10-12-21-13-11-18)16-7-5-4-6-8-16/h4-8,15H,3,9-14H2,1-2H3,(H,19,20)/t15-/m0/s1. The first-order valence-electron chi connectivity index (χ1n) is 8.21. The van der Waals surface area contributed by atoms with E-state index in [2.05, 4.69) is 31.3 Å². The van der Waals surface area contributed by atoms with Crippen LogP contribution in [-0.4, -0.2) is 36.7 Å². The second-order valence-electron chi connectivity index (χ2n) is 5.92. The predicted molar refractivity (Wildman–Crippen MR) is 93.4 cm³/mol. The number of amides is 1. The zero-order valence-corrected chi connectivity index (χ0v) is 14.5. The zero-order valence-electron chi connectivity index (χ0n) is 13.6. The highest BCUT2D eigenvalue weighted by Crippen LogP contribution is 2.35. The monoisotopic (exact) mass is 321 g/mol. The third kappa shape index (κ3) is 4.26. The second-order valence-corrected chi connectivity index (χ2v) is 7.31. The summed E-state index contributed by atoms with van der Waals surface area (Å²) in [5.41, 5.74) is 0.692. The van der Waals surface area contributed by atoms with Crippen molar-refractivity contribution in [3.8, 4) is 0 Å². The molecule has 1 atom stereocenters. The molecule has 1 amide bonds. The minimum Gasteiger partial charge on any atom is -0.381 e. The number of benzene rings is 1. The minimum atomic E-state index is -0.425. The molecular formula is C18H27NO2S. The van der Waals surface area contributed by atoms with Gasteiger partial charge in [0.15, 0.2) is 0 Å². The fourth-order valence-electron chi connectivity index (χ4n) is 2.96. The Kier molecular flexibility index (Phi) is 6.77. The van der Waals surface area contributed by atoms with Gasteiger partial charge in [0.05, 0.1) is 5.41 Å². The van der Waals surface area contributed by atoms with Crippen LogP contribution in [0.1, 0.15) is 38.7 Å². The Bertz CT molecular complexity index is 457. The highest BCUT2D eigenvalue weighted by atomic mass is 32.2. The normalized spacial score (nSPS) is 18.6. The summed E-state index contributed by atoms with van der Waals surface area (Å²) in [6.07, 6.45) is 2.55. The molecule has 0 saturated carbocycles. The molecule has 0 bridgehead atoms. The van der Waals surface area contributed by atoms with Crippen molar-refractivity contribution in [3.63, 3.8) is 0 Å². The molecule has 1 aliphatic rings. The Labute approximate surface area is 138 Å². The van der Waals surface area contributed by atoms with E-state index in [1.165, 1.54) is 0 Å². The first-order chi connectivity index (χ1) is 10.7. The van der Waals surface area contributed by atoms with Gasteiger partial charge in [-0.15, -0.1) is 0 Å². The molecule has 2 rings (SSSR count). The number of thioether (sulfide) groups is 1. The molecule has 1 heterocycles. The van der Waals surface area contributed by atoms with Crippen molar-refractivity contribution in [1.29, 1.82) is 0 Å². The quantitative estimate of drug-likeness (QED) is 0.782. The Morgan fingerprint density at radius 3 is 2.64 bits per heavy atom. The van der Waals surface area contributed by atoms with Crippen molar-refractivity contribution in [3.05, 3.63) is 35.9 Å². The number of carbonyl (C=O) groups excluding carboxylic acids is 1. The lowest BCUT2D eigenvalue weighted by atomic mass is 9.73. The number of ether oxygens (including phenoxy) is 1. The van der Waals surface area contributed by atoms with E-state index in [-0.39, 0.29) is 11.9 Å². The van der Waals surface area contributed by atoms with Crippen molar-refractivity contribution in [2.24, 2.45) is 0 Å². The van der Waals surface area contributed by atoms with Gasteiger partial charge in [0.2, 0.25) is 5.91 Å². The molecule has 0 spiro atoms. The minimum absolute atomic E-state index is 0.163. The van der Waals surface area contributed by atoms with E-state index >= 15 is 0 Å². The largest absolute Gasteiger partial charge is 0.381 e. The fraction of sp³-hybridized carbons (Fsp3) is 0.611. The predicted octanol–water partition coefficient (Wildman–Crippen LogP) is 3.38. The molecule has 3 nitrogen and oxygen atoms in total. The van der Waals surface area contributed by atoms with Crippen LogP contribution in [0.15, 0.2) is 30.3 Å². The lowest BCUT2D eigenvalue weighted by Gasteiger charge is -2.37. The molecule has 1 fully saturated rings. The van der Waals surface area contributed by atoms with Crippen LogP contribution < -0.4 is 5.32 Å². The van der Waals surface area contributed by atoms with Crippen molar-refractivity contribution < 1.29 is 9.53 Å². The van der Waals surface area contributed by atoms with E-state index in [1.807, 2.05) is 30.0 Å². The molecule has 1 aromatic rings. The van der Waals surface area contributed by atoms with Crippen LogP contribution in [0.5, 0.6) is 0 Å². The molecule has 22 heavy (non-hydrogen) atoms. The Balaban J connectivity index is 2.07. The molecule has 1 aromatic carbocycles. The highest BCUT2D eigenvalue weighted by Gasteiger charge is 2.41. The maximum absolute atomic E-state index is 13.0. The molecular weight excluding hydrogens is 294 g/mol. The summed E-state index contributed by atoms with van der Waals surface area (Å²) in [6.45, 7) is 5.58. The van der Waals surface area contributed by atoms with Crippen molar-refractivity contribution in [1.82, 2.24) is 5.32 Å². The summed E-state index contributed by atoms with van der Waals surface area (Å²) in [5.74, 6) is 2.39. The molecule has 0 radical (unpaired) electrons. The summed E-state index contributed by atoms with van der Waals surface area (Å²) in [4.78, 5) is 13.0. The van der Waals surface area contributed by atoms with Crippen molar-refractivity contribution in [2.75, 3.05) is 24.7 Å². The number of nitrogens with one attached hydrogen (secondary N) is 1. The maximum Gasteiger partial charge on any atom is 0.231 e. The van der Waals surface area contributed by atoms with Crippen LogP contribution in [0.25, 0.3) is 0 Å². The van der Waals surface area contributed by atoms with Gasteiger partial charge < -0.3 is 10.1 Å². The number of hydrogen-bond donors (Lipinski definition) is 1. The lowest BCUT2D eigenvalue weighted by Crippen LogP contribution is -2.50. The number of carbonyl (C=O) groups is 1. The van der Waals surface area contributed by atoms with Gasteiger partial charge in [-0.3, -0.25) is 4.79 Å². The second kappa shape index (κ2) is 8.59. The van der Waals surface area contributed by atoms with Crippen molar-refractivity contribution in [2.45, 2.75) is 44.6 Å². The SMILES string of the molecule is CCSCC[C@H](C)NC(=O)C1(c2ccccc2)CCOCC1. The summed E-state index contributed by atoms with van der Waals surface area (Å²) in [7, 11) is 0. The van der Waals surface area contributed by atoms with Gasteiger partial charge in [-0.25, -0.2) is 0 Å². The topological polar surface area (TPSA) is 38.3 Å². The summed E-state index contributed by atoms with van der Waals surface area (Å²) >= 11 is 1.92. The first kappa shape index (κ1) is 17.4. The maximum atomic E-state index is 13.0. The zero-order chi connectivity index (χ0) is 15.8. The van der Waals surface area contributed by atoms with Crippen LogP contribution in [-0.2, 0) is 14.9 Å². The van der Waals surface area contributed by atoms with Gasteiger partial charge in [0.1, 0.15) is 0 Å². The Hall–Kier alpha value is -1.00. The van der Waals surface area contributed by atoms with Gasteiger partial charge in [-0.2, -0.15) is 11.8 Å². The number of hydrogen-bond acceptors (Lipinski definition) is 3. The van der Waals surface area contributed by atoms with Crippen LogP contribution in [0.4, 0.5) is 0 Å². The average molecular weight is 321 g/mol. The Morgan fingerprint density at radius 1 is 1.32 bits per heavy atom. The third-order valence-electron chi connectivity index (χ3n) is 4.38. The van der Waals surface area contributed by atoms with Crippen LogP contribution >= 0.6 is 11.8 Å². The van der Waals surface area contributed by atoms with E-state index in [4.69, 9.17) is 4.74 Å². The van der Waals surface area contributed by atoms with E-state index in [0.29, 0.717) is 13.2 Å². The van der Waals surface area contributed by atoms with Crippen LogP contribution in [0.2, 0.25) is 0 Å². The Morgan fingerprint density at radius 2 is 2.00 bits per heavy atom. The van der Waals surface area contributed by atoms with Crippen molar-refractivity contribution >= 4 is 17.7 Å². The molecule has 1 saturated heterocycles. The molecule has 0 aromatic heterocycles. The molecule has 0 unspecified atom stereocenters. The van der Waals surface area contributed by atoms with Crippen LogP contribution in [0, 0.1) is 0 Å². The van der Waals surface area contributed by atoms with E-state index in [1.54, 1.807) is 0 Å². The first-order valence-corrected chi connectivity index (χ1v) is 9.36. The smallest absolute Gasteiger partial charge is 0.231 e. The fourth-order valence-corrected chi connectivity index (χ4v) is 3.77. The van der Waals surface area contributed by atoms with Gasteiger partial charge in [0.25, 0.3) is 0 Å². The third-order valence-corrected chi connectivity index (χ3v) is 5.32. The molecule has 0 aliphatic carbocycles. The summed E-state index contributed by atoms with van der Waals surface area (Å²) in [5, 5.41) is 3.24. The summed E-state index contributed by atoms with van der Waals surface area (Å²) in [6, 6.07) is 10.4. The molecule has 1 N–H and O–H groups in total. The molecule has 122 valence electrons. The highest BCUT2D eigenvalue weighted by molar-refractivity contribution is 7.99. The molecule has 4 heteroatoms. The van der Waals surface area contributed by atoms with Gasteiger partial charge >= 0.3 is 0 Å². The van der Waals surface area contributed by atoms with E-state index in [9.17, 15) is 4.79 Å². The van der Waals surface area contributed by atoms with E-state index < -0.39 is 5.41 Å². The van der Waals surface area contributed by atoms with Gasteiger partial charge in [0, 0.05) is 19.3 Å². The lowest BCUT2D eigenvalue weighted by molar-refractivity contribution is -0.131. The number of rotatable bonds is 7.